The summed E-state index contributed by atoms with van der Waals surface area (Å²) < 4.78 is 0. The molecule has 1 heterocycles. The summed E-state index contributed by atoms with van der Waals surface area (Å²) in [6.45, 7) is 4.75. The Morgan fingerprint density at radius 2 is 2.14 bits per heavy atom. The lowest BCUT2D eigenvalue weighted by molar-refractivity contribution is -0.137. The van der Waals surface area contributed by atoms with Crippen LogP contribution in [0.1, 0.15) is 44.6 Å². The van der Waals surface area contributed by atoms with Gasteiger partial charge in [-0.3, -0.25) is 9.59 Å². The van der Waals surface area contributed by atoms with Gasteiger partial charge in [0.05, 0.1) is 0 Å². The van der Waals surface area contributed by atoms with Crippen molar-refractivity contribution in [1.82, 2.24) is 4.90 Å². The fraction of sp³-hybridized carbons (Fsp3) is 0.529. The summed E-state index contributed by atoms with van der Waals surface area (Å²) in [5, 5.41) is 3.34. The molecule has 2 amide bonds. The van der Waals surface area contributed by atoms with Crippen molar-refractivity contribution in [2.45, 2.75) is 52.0 Å². The van der Waals surface area contributed by atoms with E-state index in [1.165, 1.54) is 0 Å². The van der Waals surface area contributed by atoms with Crippen molar-refractivity contribution >= 4 is 29.1 Å². The molecule has 1 atom stereocenters. The van der Waals surface area contributed by atoms with Gasteiger partial charge in [0.1, 0.15) is 6.42 Å². The summed E-state index contributed by atoms with van der Waals surface area (Å²) >= 11 is 6.04. The normalized spacial score (nSPS) is 18.1. The molecule has 1 aliphatic heterocycles. The van der Waals surface area contributed by atoms with Crippen LogP contribution in [0.15, 0.2) is 18.2 Å². The number of hydrogen-bond donors (Lipinski definition) is 1. The second kappa shape index (κ2) is 7.63. The number of rotatable bonds is 4. The number of amides is 2. The lowest BCUT2D eigenvalue weighted by atomic mass is 9.99. The van der Waals surface area contributed by atoms with Gasteiger partial charge in [-0.05, 0) is 50.3 Å². The summed E-state index contributed by atoms with van der Waals surface area (Å²) in [7, 11) is 0. The van der Waals surface area contributed by atoms with Gasteiger partial charge in [0, 0.05) is 23.3 Å². The maximum absolute atomic E-state index is 12.3. The zero-order valence-electron chi connectivity index (χ0n) is 13.2. The predicted octanol–water partition coefficient (Wildman–Crippen LogP) is 3.77. The number of hydrogen-bond acceptors (Lipinski definition) is 2. The highest BCUT2D eigenvalue weighted by Gasteiger charge is 2.26. The van der Waals surface area contributed by atoms with E-state index in [4.69, 9.17) is 11.6 Å². The molecule has 1 aromatic rings. The van der Waals surface area contributed by atoms with Gasteiger partial charge in [-0.2, -0.15) is 0 Å². The number of anilines is 1. The molecular weight excluding hydrogens is 300 g/mol. The molecular formula is C17H23ClN2O2. The molecule has 22 heavy (non-hydrogen) atoms. The number of benzene rings is 1. The molecule has 2 rings (SSSR count). The summed E-state index contributed by atoms with van der Waals surface area (Å²) in [5.41, 5.74) is 1.58. The van der Waals surface area contributed by atoms with Crippen molar-refractivity contribution in [3.63, 3.8) is 0 Å². The first-order chi connectivity index (χ1) is 10.5. The van der Waals surface area contributed by atoms with E-state index in [2.05, 4.69) is 12.2 Å². The Bertz CT molecular complexity index is 560. The standard InChI is InChI=1S/C17H23ClN2O2/c1-3-14-6-4-5-9-20(14)17(22)11-16(21)19-13-8-7-12(2)15(18)10-13/h7-8,10,14H,3-6,9,11H2,1-2H3,(H,19,21). The Balaban J connectivity index is 1.93. The summed E-state index contributed by atoms with van der Waals surface area (Å²) in [6, 6.07) is 5.62. The Labute approximate surface area is 136 Å². The first kappa shape index (κ1) is 16.8. The van der Waals surface area contributed by atoms with Crippen molar-refractivity contribution in [3.8, 4) is 0 Å². The van der Waals surface area contributed by atoms with Crippen LogP contribution in [-0.4, -0.2) is 29.3 Å². The highest BCUT2D eigenvalue weighted by molar-refractivity contribution is 6.31. The van der Waals surface area contributed by atoms with E-state index in [1.807, 2.05) is 17.9 Å². The lowest BCUT2D eigenvalue weighted by Crippen LogP contribution is -2.44. The molecule has 0 saturated carbocycles. The third-order valence-corrected chi connectivity index (χ3v) is 4.59. The molecule has 1 N–H and O–H groups in total. The number of halogens is 1. The van der Waals surface area contributed by atoms with E-state index in [1.54, 1.807) is 12.1 Å². The minimum absolute atomic E-state index is 0.0812. The Hall–Kier alpha value is -1.55. The van der Waals surface area contributed by atoms with Crippen molar-refractivity contribution in [2.24, 2.45) is 0 Å². The highest BCUT2D eigenvalue weighted by atomic mass is 35.5. The van der Waals surface area contributed by atoms with Crippen molar-refractivity contribution in [2.75, 3.05) is 11.9 Å². The Morgan fingerprint density at radius 1 is 1.36 bits per heavy atom. The molecule has 4 nitrogen and oxygen atoms in total. The first-order valence-corrected chi connectivity index (χ1v) is 8.24. The molecule has 0 radical (unpaired) electrons. The van der Waals surface area contributed by atoms with Crippen LogP contribution in [0.4, 0.5) is 5.69 Å². The van der Waals surface area contributed by atoms with E-state index in [9.17, 15) is 9.59 Å². The lowest BCUT2D eigenvalue weighted by Gasteiger charge is -2.35. The summed E-state index contributed by atoms with van der Waals surface area (Å²) in [6.07, 6.45) is 4.06. The first-order valence-electron chi connectivity index (χ1n) is 7.86. The number of aryl methyl sites for hydroxylation is 1. The second-order valence-corrected chi connectivity index (χ2v) is 6.24. The number of carbonyl (C=O) groups excluding carboxylic acids is 2. The number of nitrogens with zero attached hydrogens (tertiary/aromatic N) is 1. The molecule has 1 fully saturated rings. The summed E-state index contributed by atoms with van der Waals surface area (Å²) in [5.74, 6) is -0.368. The fourth-order valence-electron chi connectivity index (χ4n) is 2.87. The SMILES string of the molecule is CCC1CCCCN1C(=O)CC(=O)Nc1ccc(C)c(Cl)c1. The zero-order chi connectivity index (χ0) is 16.1. The van der Waals surface area contributed by atoms with Gasteiger partial charge in [-0.15, -0.1) is 0 Å². The van der Waals surface area contributed by atoms with Crippen LogP contribution in [0.2, 0.25) is 5.02 Å². The van der Waals surface area contributed by atoms with Crippen LogP contribution in [-0.2, 0) is 9.59 Å². The van der Waals surface area contributed by atoms with Gasteiger partial charge < -0.3 is 10.2 Å². The van der Waals surface area contributed by atoms with Crippen LogP contribution < -0.4 is 5.32 Å². The Kier molecular flexibility index (Phi) is 5.83. The van der Waals surface area contributed by atoms with Gasteiger partial charge in [-0.25, -0.2) is 0 Å². The van der Waals surface area contributed by atoms with E-state index in [-0.39, 0.29) is 24.3 Å². The summed E-state index contributed by atoms with van der Waals surface area (Å²) in [4.78, 5) is 26.2. The maximum atomic E-state index is 12.3. The van der Waals surface area contributed by atoms with Crippen LogP contribution in [0.5, 0.6) is 0 Å². The minimum atomic E-state index is -0.287. The van der Waals surface area contributed by atoms with E-state index in [0.717, 1.165) is 37.8 Å². The van der Waals surface area contributed by atoms with Crippen LogP contribution in [0, 0.1) is 6.92 Å². The zero-order valence-corrected chi connectivity index (χ0v) is 13.9. The molecule has 0 bridgehead atoms. The van der Waals surface area contributed by atoms with E-state index >= 15 is 0 Å². The van der Waals surface area contributed by atoms with Crippen molar-refractivity contribution < 1.29 is 9.59 Å². The smallest absolute Gasteiger partial charge is 0.233 e. The fourth-order valence-corrected chi connectivity index (χ4v) is 3.05. The van der Waals surface area contributed by atoms with Gasteiger partial charge >= 0.3 is 0 Å². The maximum Gasteiger partial charge on any atom is 0.233 e. The van der Waals surface area contributed by atoms with Gasteiger partial charge in [0.25, 0.3) is 0 Å². The average molecular weight is 323 g/mol. The number of nitrogens with one attached hydrogen (secondary N) is 1. The second-order valence-electron chi connectivity index (χ2n) is 5.83. The number of likely N-dealkylation sites (tertiary alicyclic amines) is 1. The van der Waals surface area contributed by atoms with Crippen molar-refractivity contribution in [3.05, 3.63) is 28.8 Å². The molecule has 1 aliphatic rings. The highest BCUT2D eigenvalue weighted by Crippen LogP contribution is 2.22. The van der Waals surface area contributed by atoms with Gasteiger partial charge in [0.15, 0.2) is 0 Å². The third-order valence-electron chi connectivity index (χ3n) is 4.19. The van der Waals surface area contributed by atoms with Gasteiger partial charge in [-0.1, -0.05) is 24.6 Å². The number of carbonyl (C=O) groups is 2. The largest absolute Gasteiger partial charge is 0.339 e. The molecule has 0 aliphatic carbocycles. The molecule has 5 heteroatoms. The molecule has 1 saturated heterocycles. The average Bonchev–Trinajstić information content (AvgIpc) is 2.50. The predicted molar refractivity (Wildman–Crippen MR) is 89.1 cm³/mol. The molecule has 0 spiro atoms. The quantitative estimate of drug-likeness (QED) is 0.858. The Morgan fingerprint density at radius 3 is 2.82 bits per heavy atom. The monoisotopic (exact) mass is 322 g/mol. The van der Waals surface area contributed by atoms with E-state index in [0.29, 0.717) is 10.7 Å². The van der Waals surface area contributed by atoms with Crippen LogP contribution in [0.25, 0.3) is 0 Å². The molecule has 120 valence electrons. The topological polar surface area (TPSA) is 49.4 Å². The third kappa shape index (κ3) is 4.23. The molecule has 1 aromatic carbocycles. The van der Waals surface area contributed by atoms with Crippen molar-refractivity contribution in [1.29, 1.82) is 0 Å². The van der Waals surface area contributed by atoms with E-state index < -0.39 is 0 Å². The molecule has 1 unspecified atom stereocenters. The number of piperidine rings is 1. The molecule has 0 aromatic heterocycles. The van der Waals surface area contributed by atoms with Crippen LogP contribution >= 0.6 is 11.6 Å². The minimum Gasteiger partial charge on any atom is -0.339 e. The van der Waals surface area contributed by atoms with Crippen LogP contribution in [0.3, 0.4) is 0 Å². The van der Waals surface area contributed by atoms with Gasteiger partial charge in [0.2, 0.25) is 11.8 Å².